The molecule has 150 valence electrons. The van der Waals surface area contributed by atoms with Crippen molar-refractivity contribution in [3.05, 3.63) is 42.5 Å². The summed E-state index contributed by atoms with van der Waals surface area (Å²) in [6.45, 7) is -0.119. The summed E-state index contributed by atoms with van der Waals surface area (Å²) in [5, 5.41) is 6.04. The van der Waals surface area contributed by atoms with Gasteiger partial charge in [0.1, 0.15) is 23.4 Å². The van der Waals surface area contributed by atoms with Crippen LogP contribution in [-0.2, 0) is 6.54 Å². The van der Waals surface area contributed by atoms with Crippen LogP contribution in [0.5, 0.6) is 11.5 Å². The molecule has 0 radical (unpaired) electrons. The van der Waals surface area contributed by atoms with Crippen LogP contribution in [0.4, 0.5) is 8.78 Å². The molecule has 0 saturated heterocycles. The van der Waals surface area contributed by atoms with E-state index in [1.165, 1.54) is 12.4 Å². The molecule has 1 atom stereocenters. The summed E-state index contributed by atoms with van der Waals surface area (Å²) in [5.74, 6) is 2.11. The van der Waals surface area contributed by atoms with Crippen molar-refractivity contribution < 1.29 is 18.3 Å². The van der Waals surface area contributed by atoms with Crippen LogP contribution in [0.15, 0.2) is 41.7 Å². The average Bonchev–Trinajstić information content (AvgIpc) is 3.11. The zero-order chi connectivity index (χ0) is 18.9. The van der Waals surface area contributed by atoms with Crippen molar-refractivity contribution in [1.29, 1.82) is 0 Å². The summed E-state index contributed by atoms with van der Waals surface area (Å²) >= 11 is 0. The van der Waals surface area contributed by atoms with E-state index in [1.807, 2.05) is 25.1 Å². The van der Waals surface area contributed by atoms with Crippen LogP contribution >= 0.6 is 24.0 Å². The number of ether oxygens (including phenoxy) is 2. The molecular weight excluding hydrogens is 471 g/mol. The van der Waals surface area contributed by atoms with Crippen molar-refractivity contribution in [2.24, 2.45) is 4.99 Å². The lowest BCUT2D eigenvalue weighted by Crippen LogP contribution is -2.41. The second-order valence-electron chi connectivity index (χ2n) is 5.44. The highest BCUT2D eigenvalue weighted by atomic mass is 127. The first kappa shape index (κ1) is 22.9. The first-order chi connectivity index (χ1) is 12.5. The molecule has 10 heteroatoms. The first-order valence-corrected chi connectivity index (χ1v) is 8.08. The summed E-state index contributed by atoms with van der Waals surface area (Å²) in [5.41, 5.74) is 0. The number of alkyl halides is 2. The molecule has 2 aromatic rings. The van der Waals surface area contributed by atoms with Crippen molar-refractivity contribution in [3.63, 3.8) is 0 Å². The molecule has 1 unspecified atom stereocenters. The molecule has 27 heavy (non-hydrogen) atoms. The van der Waals surface area contributed by atoms with Gasteiger partial charge in [0.15, 0.2) is 5.96 Å². The van der Waals surface area contributed by atoms with Gasteiger partial charge in [-0.05, 0) is 19.1 Å². The molecule has 0 bridgehead atoms. The Bertz CT molecular complexity index is 727. The van der Waals surface area contributed by atoms with Gasteiger partial charge in [-0.3, -0.25) is 9.56 Å². The Morgan fingerprint density at radius 3 is 2.70 bits per heavy atom. The number of hydrogen-bond donors (Lipinski definition) is 2. The largest absolute Gasteiger partial charge is 0.497 e. The maximum absolute atomic E-state index is 12.8. The zero-order valence-electron chi connectivity index (χ0n) is 15.4. The highest BCUT2D eigenvalue weighted by Gasteiger charge is 2.12. The van der Waals surface area contributed by atoms with Gasteiger partial charge in [0, 0.05) is 25.5 Å². The van der Waals surface area contributed by atoms with Crippen molar-refractivity contribution in [3.8, 4) is 11.5 Å². The van der Waals surface area contributed by atoms with Crippen LogP contribution in [0.3, 0.4) is 0 Å². The van der Waals surface area contributed by atoms with Crippen LogP contribution < -0.4 is 20.1 Å². The third-order valence-electron chi connectivity index (χ3n) is 3.53. The number of rotatable bonds is 8. The minimum atomic E-state index is -2.62. The fourth-order valence-corrected chi connectivity index (χ4v) is 2.23. The summed E-state index contributed by atoms with van der Waals surface area (Å²) in [4.78, 5) is 7.97. The van der Waals surface area contributed by atoms with Crippen molar-refractivity contribution in [1.82, 2.24) is 20.2 Å². The van der Waals surface area contributed by atoms with E-state index in [1.54, 1.807) is 20.2 Å². The molecule has 0 amide bonds. The molecule has 0 aliphatic rings. The van der Waals surface area contributed by atoms with Crippen LogP contribution in [0.2, 0.25) is 0 Å². The van der Waals surface area contributed by atoms with Crippen molar-refractivity contribution in [2.75, 3.05) is 20.7 Å². The second kappa shape index (κ2) is 11.6. The third-order valence-corrected chi connectivity index (χ3v) is 3.53. The number of aromatic nitrogens is 2. The highest BCUT2D eigenvalue weighted by Crippen LogP contribution is 2.19. The summed E-state index contributed by atoms with van der Waals surface area (Å²) in [7, 11) is 3.20. The van der Waals surface area contributed by atoms with E-state index in [-0.39, 0.29) is 42.4 Å². The van der Waals surface area contributed by atoms with Gasteiger partial charge in [-0.2, -0.15) is 8.78 Å². The Morgan fingerprint density at radius 2 is 2.04 bits per heavy atom. The van der Waals surface area contributed by atoms with Gasteiger partial charge in [0.05, 0.1) is 20.2 Å². The summed E-state index contributed by atoms with van der Waals surface area (Å²) in [6, 6.07) is 7.33. The lowest BCUT2D eigenvalue weighted by Gasteiger charge is -2.18. The van der Waals surface area contributed by atoms with Gasteiger partial charge >= 0.3 is 6.55 Å². The Balaban J connectivity index is 0.00000364. The third kappa shape index (κ3) is 7.19. The van der Waals surface area contributed by atoms with Gasteiger partial charge in [0.25, 0.3) is 0 Å². The molecule has 7 nitrogen and oxygen atoms in total. The number of imidazole rings is 1. The molecule has 0 fully saturated rings. The molecule has 1 heterocycles. The van der Waals surface area contributed by atoms with Crippen LogP contribution in [0, 0.1) is 0 Å². The van der Waals surface area contributed by atoms with E-state index in [2.05, 4.69) is 20.6 Å². The van der Waals surface area contributed by atoms with E-state index < -0.39 is 6.55 Å². The van der Waals surface area contributed by atoms with Crippen molar-refractivity contribution in [2.45, 2.75) is 26.1 Å². The maximum Gasteiger partial charge on any atom is 0.319 e. The Morgan fingerprint density at radius 1 is 1.30 bits per heavy atom. The number of nitrogens with one attached hydrogen (secondary N) is 2. The molecule has 2 rings (SSSR count). The number of halogens is 3. The van der Waals surface area contributed by atoms with Crippen LogP contribution in [0.1, 0.15) is 19.3 Å². The number of benzene rings is 1. The predicted molar refractivity (Wildman–Crippen MR) is 110 cm³/mol. The predicted octanol–water partition coefficient (Wildman–Crippen LogP) is 3.04. The fourth-order valence-electron chi connectivity index (χ4n) is 2.23. The Kier molecular flexibility index (Phi) is 9.83. The SMILES string of the molecule is CN=C(NCc1nccn1C(F)F)NCC(C)Oc1cccc(OC)c1.I. The number of aliphatic imine (C=N–C) groups is 1. The topological polar surface area (TPSA) is 72.7 Å². The second-order valence-corrected chi connectivity index (χ2v) is 5.44. The molecule has 2 N–H and O–H groups in total. The molecular formula is C17H24F2IN5O2. The maximum atomic E-state index is 12.8. The lowest BCUT2D eigenvalue weighted by atomic mass is 10.3. The monoisotopic (exact) mass is 495 g/mol. The average molecular weight is 495 g/mol. The van der Waals surface area contributed by atoms with Gasteiger partial charge in [-0.1, -0.05) is 6.07 Å². The molecule has 1 aromatic heterocycles. The van der Waals surface area contributed by atoms with E-state index in [0.717, 1.165) is 10.3 Å². The smallest absolute Gasteiger partial charge is 0.319 e. The van der Waals surface area contributed by atoms with Gasteiger partial charge in [0.2, 0.25) is 0 Å². The molecule has 0 saturated carbocycles. The number of methoxy groups -OCH3 is 1. The fraction of sp³-hybridized carbons (Fsp3) is 0.412. The molecule has 1 aromatic carbocycles. The van der Waals surface area contributed by atoms with E-state index in [9.17, 15) is 8.78 Å². The normalized spacial score (nSPS) is 12.3. The summed E-state index contributed by atoms with van der Waals surface area (Å²) in [6.07, 6.45) is 2.43. The minimum Gasteiger partial charge on any atom is -0.497 e. The lowest BCUT2D eigenvalue weighted by molar-refractivity contribution is 0.0668. The van der Waals surface area contributed by atoms with Crippen molar-refractivity contribution >= 4 is 29.9 Å². The molecule has 0 aliphatic carbocycles. The summed E-state index contributed by atoms with van der Waals surface area (Å²) < 4.78 is 37.4. The molecule has 0 spiro atoms. The van der Waals surface area contributed by atoms with E-state index in [4.69, 9.17) is 9.47 Å². The highest BCUT2D eigenvalue weighted by molar-refractivity contribution is 14.0. The van der Waals surface area contributed by atoms with Gasteiger partial charge in [-0.25, -0.2) is 4.98 Å². The number of guanidine groups is 1. The van der Waals surface area contributed by atoms with E-state index in [0.29, 0.717) is 18.3 Å². The van der Waals surface area contributed by atoms with Gasteiger partial charge in [-0.15, -0.1) is 24.0 Å². The van der Waals surface area contributed by atoms with Crippen LogP contribution in [0.25, 0.3) is 0 Å². The minimum absolute atomic E-state index is 0. The standard InChI is InChI=1S/C17H23F2N5O2.HI/c1-12(26-14-6-4-5-13(9-14)25-3)10-22-17(20-2)23-11-15-21-7-8-24(15)16(18)19;/h4-9,12,16H,10-11H2,1-3H3,(H2,20,22,23);1H. The first-order valence-electron chi connectivity index (χ1n) is 8.08. The molecule has 0 aliphatic heterocycles. The Labute approximate surface area is 174 Å². The zero-order valence-corrected chi connectivity index (χ0v) is 17.7. The number of hydrogen-bond acceptors (Lipinski definition) is 4. The quantitative estimate of drug-likeness (QED) is 0.335. The van der Waals surface area contributed by atoms with Crippen LogP contribution in [-0.4, -0.2) is 42.3 Å². The van der Waals surface area contributed by atoms with Gasteiger partial charge < -0.3 is 20.1 Å². The Hall–Kier alpha value is -2.11. The van der Waals surface area contributed by atoms with E-state index >= 15 is 0 Å². The number of nitrogens with zero attached hydrogens (tertiary/aromatic N) is 3.